The van der Waals surface area contributed by atoms with E-state index in [1.165, 1.54) is 0 Å². The molecule has 0 amide bonds. The highest BCUT2D eigenvalue weighted by molar-refractivity contribution is 9.10. The molecule has 3 heterocycles. The number of rotatable bonds is 5. The Labute approximate surface area is 301 Å². The summed E-state index contributed by atoms with van der Waals surface area (Å²) in [5, 5.41) is 4.20. The number of fused-ring (bicyclic) bond motifs is 6. The molecule has 0 radical (unpaired) electrons. The Kier molecular flexibility index (Phi) is 6.89. The minimum absolute atomic E-state index is 0.534. The third-order valence-electron chi connectivity index (χ3n) is 9.39. The van der Waals surface area contributed by atoms with Crippen molar-refractivity contribution in [1.29, 1.82) is 0 Å². The molecule has 0 unspecified atom stereocenters. The van der Waals surface area contributed by atoms with Crippen LogP contribution in [0.15, 0.2) is 171 Å². The average molecular weight is 721 g/mol. The van der Waals surface area contributed by atoms with Crippen LogP contribution in [-0.4, -0.2) is 15.0 Å². The number of halogens is 1. The summed E-state index contributed by atoms with van der Waals surface area (Å²) in [7, 11) is 0. The fourth-order valence-corrected chi connectivity index (χ4v) is 7.33. The Hall–Kier alpha value is -6.37. The summed E-state index contributed by atoms with van der Waals surface area (Å²) < 4.78 is 13.7. The van der Waals surface area contributed by atoms with Gasteiger partial charge in [-0.2, -0.15) is 0 Å². The maximum atomic E-state index is 6.43. The molecule has 0 aliphatic rings. The Bertz CT molecular complexity index is 2960. The van der Waals surface area contributed by atoms with Crippen LogP contribution in [0.4, 0.5) is 0 Å². The standard InChI is InChI=1S/C45H26BrN3O2/c46-33-14-7-12-30(25-33)28-10-5-9-27(23-28)29-11-6-13-31(24-29)43-47-44(32-21-22-36-34-15-1-3-19-39(34)50-41(36)26-32)49-45(48-43)38-18-8-17-37-35-16-2-4-20-40(35)51-42(37)38/h1-26H. The van der Waals surface area contributed by atoms with Crippen molar-refractivity contribution >= 4 is 59.8 Å². The molecule has 51 heavy (non-hydrogen) atoms. The largest absolute Gasteiger partial charge is 0.456 e. The molecule has 5 nitrogen and oxygen atoms in total. The molecule has 6 heteroatoms. The second kappa shape index (κ2) is 11.9. The first-order valence-corrected chi connectivity index (χ1v) is 17.5. The van der Waals surface area contributed by atoms with Crippen LogP contribution < -0.4 is 0 Å². The van der Waals surface area contributed by atoms with Crippen molar-refractivity contribution in [2.75, 3.05) is 0 Å². The van der Waals surface area contributed by atoms with E-state index in [2.05, 4.69) is 113 Å². The summed E-state index contributed by atoms with van der Waals surface area (Å²) in [6, 6.07) is 53.7. The van der Waals surface area contributed by atoms with E-state index in [-0.39, 0.29) is 0 Å². The Morgan fingerprint density at radius 2 is 0.863 bits per heavy atom. The number of nitrogens with zero attached hydrogens (tertiary/aromatic N) is 3. The minimum atomic E-state index is 0.534. The molecule has 0 saturated heterocycles. The van der Waals surface area contributed by atoms with E-state index >= 15 is 0 Å². The van der Waals surface area contributed by atoms with Gasteiger partial charge in [-0.15, -0.1) is 0 Å². The quantitative estimate of drug-likeness (QED) is 0.177. The van der Waals surface area contributed by atoms with Gasteiger partial charge in [-0.05, 0) is 76.9 Å². The summed E-state index contributed by atoms with van der Waals surface area (Å²) >= 11 is 3.62. The van der Waals surface area contributed by atoms with E-state index < -0.39 is 0 Å². The highest BCUT2D eigenvalue weighted by Crippen LogP contribution is 2.37. The summed E-state index contributed by atoms with van der Waals surface area (Å²) in [4.78, 5) is 15.3. The summed E-state index contributed by atoms with van der Waals surface area (Å²) in [6.07, 6.45) is 0. The van der Waals surface area contributed by atoms with Crippen LogP contribution in [0.2, 0.25) is 0 Å². The Balaban J connectivity index is 1.15. The van der Waals surface area contributed by atoms with Gasteiger partial charge in [-0.25, -0.2) is 15.0 Å². The van der Waals surface area contributed by atoms with E-state index in [0.717, 1.165) is 87.3 Å². The van der Waals surface area contributed by atoms with Crippen molar-refractivity contribution in [1.82, 2.24) is 15.0 Å². The lowest BCUT2D eigenvalue weighted by Gasteiger charge is -2.11. The molecular weight excluding hydrogens is 694 g/mol. The molecule has 0 N–H and O–H groups in total. The third-order valence-corrected chi connectivity index (χ3v) is 9.89. The number of hydrogen-bond donors (Lipinski definition) is 0. The minimum Gasteiger partial charge on any atom is -0.456 e. The molecule has 0 aliphatic carbocycles. The van der Waals surface area contributed by atoms with Crippen molar-refractivity contribution in [2.45, 2.75) is 0 Å². The number of furan rings is 2. The highest BCUT2D eigenvalue weighted by atomic mass is 79.9. The third kappa shape index (κ3) is 5.20. The fraction of sp³-hybridized carbons (Fsp3) is 0. The fourth-order valence-electron chi connectivity index (χ4n) is 6.93. The molecule has 0 fully saturated rings. The van der Waals surface area contributed by atoms with Gasteiger partial charge in [0, 0.05) is 37.1 Å². The molecule has 240 valence electrons. The van der Waals surface area contributed by atoms with Gasteiger partial charge >= 0.3 is 0 Å². The lowest BCUT2D eigenvalue weighted by atomic mass is 9.98. The van der Waals surface area contributed by atoms with Crippen molar-refractivity contribution in [3.8, 4) is 56.4 Å². The number of para-hydroxylation sites is 3. The first kappa shape index (κ1) is 29.5. The second-order valence-corrected chi connectivity index (χ2v) is 13.5. The number of aromatic nitrogens is 3. The zero-order valence-electron chi connectivity index (χ0n) is 27.0. The highest BCUT2D eigenvalue weighted by Gasteiger charge is 2.19. The van der Waals surface area contributed by atoms with Gasteiger partial charge in [0.25, 0.3) is 0 Å². The van der Waals surface area contributed by atoms with Crippen LogP contribution in [0.5, 0.6) is 0 Å². The molecule has 3 aromatic heterocycles. The molecule has 0 bridgehead atoms. The Morgan fingerprint density at radius 1 is 0.353 bits per heavy atom. The smallest absolute Gasteiger partial charge is 0.167 e. The molecule has 10 rings (SSSR count). The molecular formula is C45H26BrN3O2. The van der Waals surface area contributed by atoms with Gasteiger partial charge in [0.05, 0.1) is 5.56 Å². The molecule has 0 saturated carbocycles. The normalized spacial score (nSPS) is 11.6. The van der Waals surface area contributed by atoms with Crippen molar-refractivity contribution in [2.24, 2.45) is 0 Å². The first-order valence-electron chi connectivity index (χ1n) is 16.7. The SMILES string of the molecule is Brc1cccc(-c2cccc(-c3cccc(-c4nc(-c5ccc6c(c5)oc5ccccc56)nc(-c5cccc6c5oc5ccccc56)n4)c3)c2)c1. The first-order chi connectivity index (χ1) is 25.1. The van der Waals surface area contributed by atoms with Crippen molar-refractivity contribution in [3.05, 3.63) is 162 Å². The Morgan fingerprint density at radius 3 is 1.59 bits per heavy atom. The summed E-state index contributed by atoms with van der Waals surface area (Å²) in [5.74, 6) is 1.65. The van der Waals surface area contributed by atoms with Gasteiger partial charge in [0.15, 0.2) is 17.5 Å². The van der Waals surface area contributed by atoms with Gasteiger partial charge in [0.1, 0.15) is 22.3 Å². The predicted molar refractivity (Wildman–Crippen MR) is 209 cm³/mol. The van der Waals surface area contributed by atoms with Crippen molar-refractivity contribution < 1.29 is 8.83 Å². The molecule has 7 aromatic carbocycles. The van der Waals surface area contributed by atoms with Gasteiger partial charge in [-0.3, -0.25) is 0 Å². The van der Waals surface area contributed by atoms with E-state index in [1.807, 2.05) is 60.7 Å². The lowest BCUT2D eigenvalue weighted by molar-refractivity contribution is 0.668. The maximum Gasteiger partial charge on any atom is 0.167 e. The monoisotopic (exact) mass is 719 g/mol. The van der Waals surface area contributed by atoms with Crippen LogP contribution >= 0.6 is 15.9 Å². The number of hydrogen-bond acceptors (Lipinski definition) is 5. The second-order valence-electron chi connectivity index (χ2n) is 12.6. The average Bonchev–Trinajstić information content (AvgIpc) is 3.76. The van der Waals surface area contributed by atoms with Crippen LogP contribution in [0, 0.1) is 0 Å². The van der Waals surface area contributed by atoms with Gasteiger partial charge in [-0.1, -0.05) is 119 Å². The zero-order chi connectivity index (χ0) is 33.9. The predicted octanol–water partition coefficient (Wildman–Crippen LogP) is 12.8. The molecule has 10 aromatic rings. The molecule has 0 aliphatic heterocycles. The van der Waals surface area contributed by atoms with Crippen molar-refractivity contribution in [3.63, 3.8) is 0 Å². The van der Waals surface area contributed by atoms with E-state index in [9.17, 15) is 0 Å². The van der Waals surface area contributed by atoms with E-state index in [0.29, 0.717) is 17.5 Å². The maximum absolute atomic E-state index is 6.43. The van der Waals surface area contributed by atoms with E-state index in [1.54, 1.807) is 0 Å². The van der Waals surface area contributed by atoms with Gasteiger partial charge < -0.3 is 8.83 Å². The summed E-state index contributed by atoms with van der Waals surface area (Å²) in [5.41, 5.74) is 10.2. The topological polar surface area (TPSA) is 65.0 Å². The van der Waals surface area contributed by atoms with Crippen LogP contribution in [-0.2, 0) is 0 Å². The molecule has 0 atom stereocenters. The molecule has 0 spiro atoms. The number of benzene rings is 7. The summed E-state index contributed by atoms with van der Waals surface area (Å²) in [6.45, 7) is 0. The van der Waals surface area contributed by atoms with Gasteiger partial charge in [0.2, 0.25) is 0 Å². The van der Waals surface area contributed by atoms with Crippen LogP contribution in [0.25, 0.3) is 100 Å². The van der Waals surface area contributed by atoms with E-state index in [4.69, 9.17) is 23.8 Å². The zero-order valence-corrected chi connectivity index (χ0v) is 28.6. The van der Waals surface area contributed by atoms with Crippen LogP contribution in [0.1, 0.15) is 0 Å². The van der Waals surface area contributed by atoms with Crippen LogP contribution in [0.3, 0.4) is 0 Å². The lowest BCUT2D eigenvalue weighted by Crippen LogP contribution is -2.00.